The lowest BCUT2D eigenvalue weighted by Crippen LogP contribution is -2.31. The summed E-state index contributed by atoms with van der Waals surface area (Å²) in [6, 6.07) is 2.25. The monoisotopic (exact) mass is 267 g/mol. The molecular weight excluding hydrogens is 246 g/mol. The topological polar surface area (TPSA) is 58.4 Å². The first kappa shape index (κ1) is 13.5. The molecule has 0 fully saturated rings. The number of carbonyl (C=O) groups is 1. The smallest absolute Gasteiger partial charge is 0.233 e. The van der Waals surface area contributed by atoms with Gasteiger partial charge in [0.25, 0.3) is 0 Å². The van der Waals surface area contributed by atoms with Gasteiger partial charge in [0.1, 0.15) is 0 Å². The zero-order valence-corrected chi connectivity index (χ0v) is 11.5. The van der Waals surface area contributed by atoms with Crippen molar-refractivity contribution in [1.29, 1.82) is 0 Å². The molecule has 1 aromatic heterocycles. The summed E-state index contributed by atoms with van der Waals surface area (Å²) in [5.74, 6) is 4.97. The first-order valence-electron chi connectivity index (χ1n) is 6.56. The number of hydrogen-bond donors (Lipinski definition) is 2. The van der Waals surface area contributed by atoms with Crippen LogP contribution in [0.5, 0.6) is 0 Å². The van der Waals surface area contributed by atoms with Crippen LogP contribution in [-0.2, 0) is 17.8 Å². The van der Waals surface area contributed by atoms with Gasteiger partial charge in [0.2, 0.25) is 5.91 Å². The van der Waals surface area contributed by atoms with Crippen molar-refractivity contribution < 1.29 is 4.79 Å². The van der Waals surface area contributed by atoms with E-state index in [2.05, 4.69) is 21.8 Å². The highest BCUT2D eigenvalue weighted by atomic mass is 32.1. The van der Waals surface area contributed by atoms with Gasteiger partial charge in [-0.3, -0.25) is 15.1 Å². The number of carbonyl (C=O) groups excluding carboxylic acids is 1. The van der Waals surface area contributed by atoms with Crippen LogP contribution in [-0.4, -0.2) is 23.9 Å². The molecule has 1 amide bonds. The Labute approximate surface area is 112 Å². The van der Waals surface area contributed by atoms with Crippen molar-refractivity contribution in [3.63, 3.8) is 0 Å². The van der Waals surface area contributed by atoms with Gasteiger partial charge in [-0.05, 0) is 42.8 Å². The van der Waals surface area contributed by atoms with Crippen LogP contribution >= 0.6 is 11.3 Å². The Kier molecular flexibility index (Phi) is 5.16. The van der Waals surface area contributed by atoms with Crippen LogP contribution in [0.25, 0.3) is 0 Å². The van der Waals surface area contributed by atoms with Crippen LogP contribution in [0.15, 0.2) is 11.4 Å². The normalized spacial score (nSPS) is 15.4. The van der Waals surface area contributed by atoms with Gasteiger partial charge in [0.05, 0.1) is 0 Å². The number of rotatable bonds is 6. The Morgan fingerprint density at radius 2 is 2.33 bits per heavy atom. The highest BCUT2D eigenvalue weighted by molar-refractivity contribution is 7.10. The summed E-state index contributed by atoms with van der Waals surface area (Å²) >= 11 is 1.88. The second kappa shape index (κ2) is 6.87. The van der Waals surface area contributed by atoms with Gasteiger partial charge >= 0.3 is 0 Å². The van der Waals surface area contributed by atoms with E-state index in [0.717, 1.165) is 32.4 Å². The molecule has 1 aliphatic rings. The Hall–Kier alpha value is -0.910. The molecule has 2 heterocycles. The number of hydrogen-bond acceptors (Lipinski definition) is 4. The summed E-state index contributed by atoms with van der Waals surface area (Å²) in [5.41, 5.74) is 3.67. The third kappa shape index (κ3) is 3.80. The molecule has 1 aromatic rings. The summed E-state index contributed by atoms with van der Waals surface area (Å²) in [6.07, 6.45) is 4.94. The van der Waals surface area contributed by atoms with Gasteiger partial charge in [-0.15, -0.1) is 11.3 Å². The Morgan fingerprint density at radius 1 is 1.44 bits per heavy atom. The third-order valence-corrected chi connectivity index (χ3v) is 4.45. The maximum Gasteiger partial charge on any atom is 0.233 e. The quantitative estimate of drug-likeness (QED) is 0.357. The molecule has 0 saturated carbocycles. The molecule has 2 rings (SSSR count). The SMILES string of the molecule is NNC(=O)CCCCCN1CCc2sccc2C1. The fraction of sp³-hybridized carbons (Fsp3) is 0.615. The van der Waals surface area contributed by atoms with E-state index in [1.165, 1.54) is 18.5 Å². The highest BCUT2D eigenvalue weighted by Gasteiger charge is 2.16. The molecular formula is C13H21N3OS. The molecule has 5 heteroatoms. The molecule has 18 heavy (non-hydrogen) atoms. The van der Waals surface area contributed by atoms with Crippen LogP contribution in [0.1, 0.15) is 36.1 Å². The van der Waals surface area contributed by atoms with Crippen LogP contribution in [0.3, 0.4) is 0 Å². The fourth-order valence-corrected chi connectivity index (χ4v) is 3.26. The van der Waals surface area contributed by atoms with E-state index in [1.807, 2.05) is 11.3 Å². The fourth-order valence-electron chi connectivity index (χ4n) is 2.37. The molecule has 0 aliphatic carbocycles. The molecule has 0 saturated heterocycles. The molecule has 0 bridgehead atoms. The summed E-state index contributed by atoms with van der Waals surface area (Å²) in [5, 5.41) is 2.19. The van der Waals surface area contributed by atoms with E-state index >= 15 is 0 Å². The third-order valence-electron chi connectivity index (χ3n) is 3.43. The lowest BCUT2D eigenvalue weighted by atomic mass is 10.1. The number of nitrogens with two attached hydrogens (primary N) is 1. The summed E-state index contributed by atoms with van der Waals surface area (Å²) in [6.45, 7) is 3.42. The zero-order valence-electron chi connectivity index (χ0n) is 10.7. The number of hydrazine groups is 1. The van der Waals surface area contributed by atoms with E-state index in [1.54, 1.807) is 4.88 Å². The number of amides is 1. The minimum Gasteiger partial charge on any atom is -0.299 e. The van der Waals surface area contributed by atoms with Gasteiger partial charge in [0, 0.05) is 24.4 Å². The minimum absolute atomic E-state index is 0.0594. The molecule has 1 aliphatic heterocycles. The van der Waals surface area contributed by atoms with Crippen molar-refractivity contribution >= 4 is 17.2 Å². The largest absolute Gasteiger partial charge is 0.299 e. The molecule has 0 spiro atoms. The second-order valence-corrected chi connectivity index (χ2v) is 5.77. The number of unbranched alkanes of at least 4 members (excludes halogenated alkanes) is 2. The van der Waals surface area contributed by atoms with Gasteiger partial charge in [-0.25, -0.2) is 5.84 Å². The lowest BCUT2D eigenvalue weighted by Gasteiger charge is -2.26. The first-order valence-corrected chi connectivity index (χ1v) is 7.44. The zero-order chi connectivity index (χ0) is 12.8. The molecule has 3 N–H and O–H groups in total. The number of nitrogens with one attached hydrogen (secondary N) is 1. The van der Waals surface area contributed by atoms with Crippen molar-refractivity contribution in [2.75, 3.05) is 13.1 Å². The van der Waals surface area contributed by atoms with Crippen molar-refractivity contribution in [3.05, 3.63) is 21.9 Å². The van der Waals surface area contributed by atoms with E-state index in [-0.39, 0.29) is 5.91 Å². The van der Waals surface area contributed by atoms with Gasteiger partial charge < -0.3 is 0 Å². The first-order chi connectivity index (χ1) is 8.79. The summed E-state index contributed by atoms with van der Waals surface area (Å²) < 4.78 is 0. The van der Waals surface area contributed by atoms with Gasteiger partial charge in [-0.2, -0.15) is 0 Å². The molecule has 0 atom stereocenters. The van der Waals surface area contributed by atoms with Crippen LogP contribution in [0.2, 0.25) is 0 Å². The minimum atomic E-state index is -0.0594. The van der Waals surface area contributed by atoms with Crippen molar-refractivity contribution in [2.45, 2.75) is 38.6 Å². The number of thiophene rings is 1. The van der Waals surface area contributed by atoms with Crippen molar-refractivity contribution in [3.8, 4) is 0 Å². The lowest BCUT2D eigenvalue weighted by molar-refractivity contribution is -0.121. The van der Waals surface area contributed by atoms with E-state index < -0.39 is 0 Å². The predicted octanol–water partition coefficient (Wildman–Crippen LogP) is 1.66. The molecule has 0 unspecified atom stereocenters. The van der Waals surface area contributed by atoms with Crippen molar-refractivity contribution in [2.24, 2.45) is 5.84 Å². The van der Waals surface area contributed by atoms with E-state index in [0.29, 0.717) is 6.42 Å². The standard InChI is InChI=1S/C13H21N3OS/c14-15-13(17)4-2-1-3-7-16-8-5-12-11(10-16)6-9-18-12/h6,9H,1-5,7-8,10,14H2,(H,15,17). The van der Waals surface area contributed by atoms with Gasteiger partial charge in [-0.1, -0.05) is 6.42 Å². The highest BCUT2D eigenvalue weighted by Crippen LogP contribution is 2.24. The maximum atomic E-state index is 10.9. The number of fused-ring (bicyclic) bond motifs is 1. The van der Waals surface area contributed by atoms with Crippen LogP contribution in [0.4, 0.5) is 0 Å². The maximum absolute atomic E-state index is 10.9. The van der Waals surface area contributed by atoms with Crippen LogP contribution in [0, 0.1) is 0 Å². The van der Waals surface area contributed by atoms with E-state index in [4.69, 9.17) is 5.84 Å². The second-order valence-electron chi connectivity index (χ2n) is 4.77. The summed E-state index contributed by atoms with van der Waals surface area (Å²) in [7, 11) is 0. The molecule has 100 valence electrons. The average Bonchev–Trinajstić information content (AvgIpc) is 2.85. The molecule has 0 aromatic carbocycles. The predicted molar refractivity (Wildman–Crippen MR) is 74.1 cm³/mol. The molecule has 4 nitrogen and oxygen atoms in total. The van der Waals surface area contributed by atoms with Crippen LogP contribution < -0.4 is 11.3 Å². The Bertz CT molecular complexity index is 391. The Morgan fingerprint density at radius 3 is 3.17 bits per heavy atom. The van der Waals surface area contributed by atoms with E-state index in [9.17, 15) is 4.79 Å². The average molecular weight is 267 g/mol. The summed E-state index contributed by atoms with van der Waals surface area (Å²) in [4.78, 5) is 15.0. The number of nitrogens with zero attached hydrogens (tertiary/aromatic N) is 1. The molecule has 0 radical (unpaired) electrons. The van der Waals surface area contributed by atoms with Gasteiger partial charge in [0.15, 0.2) is 0 Å². The van der Waals surface area contributed by atoms with Crippen molar-refractivity contribution in [1.82, 2.24) is 10.3 Å². The Balaban J connectivity index is 1.60.